The summed E-state index contributed by atoms with van der Waals surface area (Å²) in [6, 6.07) is 0. The van der Waals surface area contributed by atoms with Crippen LogP contribution in [0.3, 0.4) is 0 Å². The average Bonchev–Trinajstić information content (AvgIpc) is 1.88. The Hall–Kier alpha value is 0.735. The van der Waals surface area contributed by atoms with E-state index in [0.29, 0.717) is 0 Å². The van der Waals surface area contributed by atoms with E-state index in [0.717, 1.165) is 0 Å². The summed E-state index contributed by atoms with van der Waals surface area (Å²) in [5.74, 6) is 0. The van der Waals surface area contributed by atoms with Gasteiger partial charge in [0, 0.05) is 0 Å². The minimum atomic E-state index is -0.222. The Morgan fingerprint density at radius 3 is 1.38 bits per heavy atom. The molecule has 0 radical (unpaired) electrons. The van der Waals surface area contributed by atoms with E-state index in [-0.39, 0.29) is 26.1 Å². The van der Waals surface area contributed by atoms with Crippen molar-refractivity contribution >= 4 is 0 Å². The van der Waals surface area contributed by atoms with Crippen LogP contribution in [0.4, 0.5) is 0 Å². The van der Waals surface area contributed by atoms with Gasteiger partial charge in [0.05, 0.1) is 0 Å². The second-order valence-electron chi connectivity index (χ2n) is 1.71. The zero-order valence-corrected chi connectivity index (χ0v) is 11.4. The quantitative estimate of drug-likeness (QED) is 0.578. The molecule has 8 heavy (non-hydrogen) atoms. The van der Waals surface area contributed by atoms with E-state index in [1.54, 1.807) is 0 Å². The molecule has 0 aromatic carbocycles. The van der Waals surface area contributed by atoms with Crippen LogP contribution < -0.4 is 0 Å². The van der Waals surface area contributed by atoms with E-state index in [9.17, 15) is 0 Å². The Balaban J connectivity index is 0. The van der Waals surface area contributed by atoms with Crippen LogP contribution >= 0.6 is 0 Å². The summed E-state index contributed by atoms with van der Waals surface area (Å²) in [6.45, 7) is 4.46. The first-order chi connectivity index (χ1) is 3.91. The van der Waals surface area contributed by atoms with Gasteiger partial charge in [0.2, 0.25) is 0 Å². The molecular formula is C6H14HgO. The molecule has 46 valence electrons. The first-order valence-electron chi connectivity index (χ1n) is 3.20. The van der Waals surface area contributed by atoms with Crippen LogP contribution in [-0.4, -0.2) is 0 Å². The van der Waals surface area contributed by atoms with Crippen LogP contribution in [0.25, 0.3) is 0 Å². The van der Waals surface area contributed by atoms with Crippen molar-refractivity contribution in [2.45, 2.75) is 39.5 Å². The molecule has 0 aliphatic heterocycles. The summed E-state index contributed by atoms with van der Waals surface area (Å²) in [5.41, 5.74) is 0. The Morgan fingerprint density at radius 1 is 1.00 bits per heavy atom. The molecule has 0 saturated carbocycles. The van der Waals surface area contributed by atoms with Crippen molar-refractivity contribution in [3.63, 3.8) is 0 Å². The number of unbranched alkanes of at least 4 members (excludes halogenated alkanes) is 3. The van der Waals surface area contributed by atoms with Gasteiger partial charge in [-0.3, -0.25) is 0 Å². The van der Waals surface area contributed by atoms with Gasteiger partial charge in [-0.05, 0) is 0 Å². The van der Waals surface area contributed by atoms with Crippen molar-refractivity contribution in [3.05, 3.63) is 0 Å². The monoisotopic (exact) mass is 304 g/mol. The normalized spacial score (nSPS) is 7.50. The van der Waals surface area contributed by atoms with Crippen LogP contribution in [0.15, 0.2) is 0 Å². The van der Waals surface area contributed by atoms with Crippen LogP contribution in [0.1, 0.15) is 39.5 Å². The van der Waals surface area contributed by atoms with Crippen LogP contribution in [0.5, 0.6) is 0 Å². The first kappa shape index (κ1) is 11.5. The molecule has 1 nitrogen and oxygen atoms in total. The Bertz CT molecular complexity index is 27.7. The van der Waals surface area contributed by atoms with Crippen LogP contribution in [0.2, 0.25) is 0 Å². The number of hydrogen-bond acceptors (Lipinski definition) is 1. The van der Waals surface area contributed by atoms with E-state index in [2.05, 4.69) is 13.8 Å². The Kier molecular flexibility index (Phi) is 22.5. The molecule has 0 aromatic heterocycles. The van der Waals surface area contributed by atoms with Gasteiger partial charge in [0.15, 0.2) is 0 Å². The van der Waals surface area contributed by atoms with Gasteiger partial charge in [-0.2, -0.15) is 0 Å². The molecule has 0 rings (SSSR count). The third-order valence-electron chi connectivity index (χ3n) is 0.957. The van der Waals surface area contributed by atoms with Gasteiger partial charge >= 0.3 is 28.8 Å². The van der Waals surface area contributed by atoms with Crippen molar-refractivity contribution in [1.29, 1.82) is 0 Å². The molecule has 0 atom stereocenters. The van der Waals surface area contributed by atoms with Crippen molar-refractivity contribution in [1.82, 2.24) is 0 Å². The summed E-state index contributed by atoms with van der Waals surface area (Å²) < 4.78 is 8.44. The van der Waals surface area contributed by atoms with E-state index in [1.807, 2.05) is 0 Å². The fraction of sp³-hybridized carbons (Fsp3) is 1.00. The van der Waals surface area contributed by atoms with Gasteiger partial charge in [-0.1, -0.05) is 39.5 Å². The molecule has 0 N–H and O–H groups in total. The zero-order chi connectivity index (χ0) is 6.83. The maximum absolute atomic E-state index is 8.44. The molecule has 0 bridgehead atoms. The van der Waals surface area contributed by atoms with Crippen LogP contribution in [0, 0.1) is 0 Å². The summed E-state index contributed by atoms with van der Waals surface area (Å²) in [4.78, 5) is 0. The third-order valence-corrected chi connectivity index (χ3v) is 0.957. The average molecular weight is 303 g/mol. The molecule has 0 aliphatic carbocycles. The molecule has 0 fully saturated rings. The van der Waals surface area contributed by atoms with Gasteiger partial charge in [-0.15, -0.1) is 0 Å². The van der Waals surface area contributed by atoms with Crippen molar-refractivity contribution in [2.24, 2.45) is 0 Å². The summed E-state index contributed by atoms with van der Waals surface area (Å²) >= 11 is -0.222. The Labute approximate surface area is 68.3 Å². The van der Waals surface area contributed by atoms with Gasteiger partial charge < -0.3 is 0 Å². The van der Waals surface area contributed by atoms with Gasteiger partial charge in [-0.25, -0.2) is 0 Å². The molecule has 0 aliphatic rings. The zero-order valence-electron chi connectivity index (χ0n) is 5.94. The Morgan fingerprint density at radius 2 is 1.25 bits per heavy atom. The van der Waals surface area contributed by atoms with Crippen molar-refractivity contribution in [2.75, 3.05) is 0 Å². The molecule has 0 unspecified atom stereocenters. The molecule has 0 aromatic rings. The first-order valence-corrected chi connectivity index (χ1v) is 5.45. The van der Waals surface area contributed by atoms with Crippen molar-refractivity contribution < 1.29 is 28.8 Å². The fourth-order valence-corrected chi connectivity index (χ4v) is 0.500. The molecule has 0 amide bonds. The SMILES string of the molecule is CCCCCC.[O]=[Hg]. The molecule has 0 spiro atoms. The minimum absolute atomic E-state index is 0.222. The van der Waals surface area contributed by atoms with E-state index < -0.39 is 0 Å². The summed E-state index contributed by atoms with van der Waals surface area (Å²) in [5, 5.41) is 0. The molecule has 0 heterocycles. The standard InChI is InChI=1S/C6H14.Hg.O/c1-3-5-6-4-2;;/h3-6H2,1-2H3;;. The second kappa shape index (κ2) is 15.6. The second-order valence-corrected chi connectivity index (χ2v) is 1.71. The van der Waals surface area contributed by atoms with Crippen molar-refractivity contribution in [3.8, 4) is 0 Å². The van der Waals surface area contributed by atoms with Gasteiger partial charge in [0.25, 0.3) is 0 Å². The van der Waals surface area contributed by atoms with E-state index in [1.165, 1.54) is 25.7 Å². The fourth-order valence-electron chi connectivity index (χ4n) is 0.500. The maximum atomic E-state index is 8.44. The van der Waals surface area contributed by atoms with E-state index >= 15 is 0 Å². The topological polar surface area (TPSA) is 17.1 Å². The molecular weight excluding hydrogens is 289 g/mol. The number of rotatable bonds is 3. The predicted molar refractivity (Wildman–Crippen MR) is 30.5 cm³/mol. The summed E-state index contributed by atoms with van der Waals surface area (Å²) in [7, 11) is 0. The summed E-state index contributed by atoms with van der Waals surface area (Å²) in [6.07, 6.45) is 5.54. The molecule has 0 saturated heterocycles. The number of hydrogen-bond donors (Lipinski definition) is 0. The third kappa shape index (κ3) is 15.9. The van der Waals surface area contributed by atoms with Gasteiger partial charge in [0.1, 0.15) is 0 Å². The predicted octanol–water partition coefficient (Wildman–Crippen LogP) is 2.47. The van der Waals surface area contributed by atoms with E-state index in [4.69, 9.17) is 2.64 Å². The molecule has 2 heteroatoms. The van der Waals surface area contributed by atoms with Crippen LogP contribution in [-0.2, 0) is 28.8 Å².